The van der Waals surface area contributed by atoms with Crippen molar-refractivity contribution in [3.8, 4) is 11.8 Å². The van der Waals surface area contributed by atoms with Crippen molar-refractivity contribution in [2.24, 2.45) is 0 Å². The summed E-state index contributed by atoms with van der Waals surface area (Å²) < 4.78 is 0. The number of carboxylic acids is 1. The van der Waals surface area contributed by atoms with Crippen molar-refractivity contribution in [1.29, 1.82) is 5.26 Å². The van der Waals surface area contributed by atoms with Gasteiger partial charge in [0.2, 0.25) is 0 Å². The molecule has 0 radical (unpaired) electrons. The molecule has 0 spiro atoms. The smallest absolute Gasteiger partial charge is 0.339 e. The Kier molecular flexibility index (Phi) is 2.20. The summed E-state index contributed by atoms with van der Waals surface area (Å²) in [6, 6.07) is 4.58. The highest BCUT2D eigenvalue weighted by Crippen LogP contribution is 2.24. The van der Waals surface area contributed by atoms with E-state index in [9.17, 15) is 9.90 Å². The van der Waals surface area contributed by atoms with Crippen LogP contribution in [0.1, 0.15) is 21.5 Å². The monoisotopic (exact) mass is 177 g/mol. The highest BCUT2D eigenvalue weighted by molar-refractivity contribution is 5.93. The van der Waals surface area contributed by atoms with Gasteiger partial charge in [0.05, 0.1) is 5.56 Å². The Hall–Kier alpha value is -2.02. The first-order valence-electron chi connectivity index (χ1n) is 3.54. The van der Waals surface area contributed by atoms with Gasteiger partial charge in [0.25, 0.3) is 0 Å². The number of phenols is 1. The van der Waals surface area contributed by atoms with Crippen molar-refractivity contribution in [3.63, 3.8) is 0 Å². The fourth-order valence-electron chi connectivity index (χ4n) is 1.05. The van der Waals surface area contributed by atoms with Gasteiger partial charge in [-0.1, -0.05) is 6.07 Å². The molecule has 0 heterocycles. The third-order valence-corrected chi connectivity index (χ3v) is 1.72. The van der Waals surface area contributed by atoms with Crippen LogP contribution in [0.15, 0.2) is 12.1 Å². The molecule has 0 aliphatic rings. The molecule has 0 atom stereocenters. The lowest BCUT2D eigenvalue weighted by Crippen LogP contribution is -2.01. The second-order valence-electron chi connectivity index (χ2n) is 2.57. The number of nitrogens with zero attached hydrogens (tertiary/aromatic N) is 1. The predicted molar refractivity (Wildman–Crippen MR) is 44.5 cm³/mol. The van der Waals surface area contributed by atoms with E-state index < -0.39 is 11.7 Å². The van der Waals surface area contributed by atoms with Crippen molar-refractivity contribution in [3.05, 3.63) is 28.8 Å². The molecule has 1 rings (SSSR count). The Morgan fingerprint density at radius 2 is 2.15 bits per heavy atom. The minimum absolute atomic E-state index is 0.0250. The summed E-state index contributed by atoms with van der Waals surface area (Å²) in [5.41, 5.74) is 0.200. The van der Waals surface area contributed by atoms with Gasteiger partial charge in [-0.2, -0.15) is 5.26 Å². The number of aryl methyl sites for hydroxylation is 1. The van der Waals surface area contributed by atoms with E-state index in [0.717, 1.165) is 0 Å². The van der Waals surface area contributed by atoms with Crippen LogP contribution in [-0.2, 0) is 0 Å². The van der Waals surface area contributed by atoms with Crippen LogP contribution in [0.25, 0.3) is 0 Å². The minimum atomic E-state index is -1.23. The first-order valence-corrected chi connectivity index (χ1v) is 3.54. The lowest BCUT2D eigenvalue weighted by molar-refractivity contribution is 0.0693. The number of benzene rings is 1. The van der Waals surface area contributed by atoms with Crippen molar-refractivity contribution < 1.29 is 15.0 Å². The average Bonchev–Trinajstić information content (AvgIpc) is 2.04. The van der Waals surface area contributed by atoms with Gasteiger partial charge in [-0.15, -0.1) is 0 Å². The molecule has 0 amide bonds. The highest BCUT2D eigenvalue weighted by Gasteiger charge is 2.15. The first-order chi connectivity index (χ1) is 6.07. The number of carbonyl (C=O) groups is 1. The van der Waals surface area contributed by atoms with E-state index in [1.54, 1.807) is 13.0 Å². The Balaban J connectivity index is 3.50. The predicted octanol–water partition coefficient (Wildman–Crippen LogP) is 1.27. The zero-order chi connectivity index (χ0) is 10.0. The standard InChI is InChI=1S/C9H7NO3/c1-5-2-3-6(4-10)8(11)7(5)9(12)13/h2-3,11H,1H3,(H,12,13). The fraction of sp³-hybridized carbons (Fsp3) is 0.111. The molecule has 0 unspecified atom stereocenters. The molecule has 1 aromatic carbocycles. The van der Waals surface area contributed by atoms with E-state index in [0.29, 0.717) is 5.56 Å². The van der Waals surface area contributed by atoms with Gasteiger partial charge in [0.1, 0.15) is 17.4 Å². The van der Waals surface area contributed by atoms with Gasteiger partial charge >= 0.3 is 5.97 Å². The Bertz CT molecular complexity index is 404. The molecule has 4 nitrogen and oxygen atoms in total. The summed E-state index contributed by atoms with van der Waals surface area (Å²) in [5.74, 6) is -1.69. The topological polar surface area (TPSA) is 81.3 Å². The number of rotatable bonds is 1. The maximum atomic E-state index is 10.6. The van der Waals surface area contributed by atoms with Gasteiger partial charge in [-0.25, -0.2) is 4.79 Å². The second kappa shape index (κ2) is 3.15. The fourth-order valence-corrected chi connectivity index (χ4v) is 1.05. The highest BCUT2D eigenvalue weighted by atomic mass is 16.4. The van der Waals surface area contributed by atoms with E-state index in [-0.39, 0.29) is 11.1 Å². The molecule has 4 heteroatoms. The van der Waals surface area contributed by atoms with E-state index in [4.69, 9.17) is 10.4 Å². The van der Waals surface area contributed by atoms with Gasteiger partial charge in [0.15, 0.2) is 0 Å². The number of aromatic hydroxyl groups is 1. The Morgan fingerprint density at radius 3 is 2.62 bits per heavy atom. The molecule has 0 aliphatic carbocycles. The summed E-state index contributed by atoms with van der Waals surface area (Å²) in [7, 11) is 0. The van der Waals surface area contributed by atoms with Crippen LogP contribution in [0.5, 0.6) is 5.75 Å². The molecule has 13 heavy (non-hydrogen) atoms. The molecular weight excluding hydrogens is 170 g/mol. The maximum Gasteiger partial charge on any atom is 0.339 e. The van der Waals surface area contributed by atoms with Gasteiger partial charge in [0, 0.05) is 0 Å². The van der Waals surface area contributed by atoms with E-state index in [1.807, 2.05) is 0 Å². The lowest BCUT2D eigenvalue weighted by Gasteiger charge is -2.03. The van der Waals surface area contributed by atoms with Crippen LogP contribution in [0.4, 0.5) is 0 Å². The third kappa shape index (κ3) is 1.44. The maximum absolute atomic E-state index is 10.6. The largest absolute Gasteiger partial charge is 0.506 e. The van der Waals surface area contributed by atoms with Crippen LogP contribution in [0, 0.1) is 18.3 Å². The van der Waals surface area contributed by atoms with Crippen molar-refractivity contribution in [2.45, 2.75) is 6.92 Å². The van der Waals surface area contributed by atoms with Crippen LogP contribution in [-0.4, -0.2) is 16.2 Å². The van der Waals surface area contributed by atoms with Crippen LogP contribution >= 0.6 is 0 Å². The van der Waals surface area contributed by atoms with Crippen molar-refractivity contribution >= 4 is 5.97 Å². The van der Waals surface area contributed by atoms with Gasteiger partial charge in [-0.3, -0.25) is 0 Å². The third-order valence-electron chi connectivity index (χ3n) is 1.72. The molecule has 0 aliphatic heterocycles. The van der Waals surface area contributed by atoms with Crippen LogP contribution in [0.2, 0.25) is 0 Å². The second-order valence-corrected chi connectivity index (χ2v) is 2.57. The molecule has 0 saturated carbocycles. The van der Waals surface area contributed by atoms with Crippen LogP contribution in [0.3, 0.4) is 0 Å². The summed E-state index contributed by atoms with van der Waals surface area (Å²) in [4.78, 5) is 10.6. The van der Waals surface area contributed by atoms with E-state index in [2.05, 4.69) is 0 Å². The van der Waals surface area contributed by atoms with Crippen LogP contribution < -0.4 is 0 Å². The number of hydrogen-bond acceptors (Lipinski definition) is 3. The molecule has 66 valence electrons. The molecule has 2 N–H and O–H groups in total. The molecular formula is C9H7NO3. The van der Waals surface area contributed by atoms with Crippen molar-refractivity contribution in [2.75, 3.05) is 0 Å². The first kappa shape index (κ1) is 9.07. The lowest BCUT2D eigenvalue weighted by atomic mass is 10.0. The normalized spacial score (nSPS) is 9.23. The zero-order valence-corrected chi connectivity index (χ0v) is 6.90. The number of hydrogen-bond donors (Lipinski definition) is 2. The summed E-state index contributed by atoms with van der Waals surface area (Å²) in [5, 5.41) is 26.5. The minimum Gasteiger partial charge on any atom is -0.506 e. The summed E-state index contributed by atoms with van der Waals surface area (Å²) in [6.07, 6.45) is 0. The van der Waals surface area contributed by atoms with Gasteiger partial charge < -0.3 is 10.2 Å². The van der Waals surface area contributed by atoms with Gasteiger partial charge in [-0.05, 0) is 18.6 Å². The average molecular weight is 177 g/mol. The quantitative estimate of drug-likeness (QED) is 0.676. The van der Waals surface area contributed by atoms with E-state index >= 15 is 0 Å². The molecule has 0 bridgehead atoms. The number of nitriles is 1. The zero-order valence-electron chi connectivity index (χ0n) is 6.90. The molecule has 1 aromatic rings. The molecule has 0 aromatic heterocycles. The Morgan fingerprint density at radius 1 is 1.54 bits per heavy atom. The SMILES string of the molecule is Cc1ccc(C#N)c(O)c1C(=O)O. The molecule has 0 fully saturated rings. The summed E-state index contributed by atoms with van der Waals surface area (Å²) in [6.45, 7) is 1.56. The number of carboxylic acid groups (broad SMARTS) is 1. The van der Waals surface area contributed by atoms with E-state index in [1.165, 1.54) is 12.1 Å². The Labute approximate surface area is 74.7 Å². The van der Waals surface area contributed by atoms with Crippen molar-refractivity contribution in [1.82, 2.24) is 0 Å². The molecule has 0 saturated heterocycles. The number of aromatic carboxylic acids is 1. The summed E-state index contributed by atoms with van der Waals surface area (Å²) >= 11 is 0.